The van der Waals surface area contributed by atoms with E-state index < -0.39 is 0 Å². The average molecular weight is 266 g/mol. The van der Waals surface area contributed by atoms with E-state index in [-0.39, 0.29) is 6.04 Å². The van der Waals surface area contributed by atoms with Crippen molar-refractivity contribution in [3.05, 3.63) is 35.0 Å². The summed E-state index contributed by atoms with van der Waals surface area (Å²) < 4.78 is 5.89. The minimum Gasteiger partial charge on any atom is -0.459 e. The van der Waals surface area contributed by atoms with Crippen LogP contribution < -0.4 is 5.32 Å². The zero-order valence-electron chi connectivity index (χ0n) is 11.2. The van der Waals surface area contributed by atoms with E-state index in [2.05, 4.69) is 25.2 Å². The molecular weight excluding hydrogens is 246 g/mol. The number of rotatable bonds is 5. The number of hydrogen-bond donors (Lipinski definition) is 1. The monoisotopic (exact) mass is 265 g/mol. The molecule has 1 heterocycles. The van der Waals surface area contributed by atoms with Crippen LogP contribution in [0.5, 0.6) is 0 Å². The van der Waals surface area contributed by atoms with Gasteiger partial charge in [-0.3, -0.25) is 0 Å². The van der Waals surface area contributed by atoms with Crippen molar-refractivity contribution in [3.8, 4) is 0 Å². The molecule has 0 saturated carbocycles. The standard InChI is InChI=1S/C15H20ClNO/c1-10(2)4-6-13(17-3)15-9-11-8-12(16)5-7-14(11)18-15/h5,7-10,13,17H,4,6H2,1-3H3. The van der Waals surface area contributed by atoms with Crippen molar-refractivity contribution in [3.63, 3.8) is 0 Å². The number of halogens is 1. The number of fused-ring (bicyclic) bond motifs is 1. The average Bonchev–Trinajstić information content (AvgIpc) is 2.72. The van der Waals surface area contributed by atoms with Crippen LogP contribution >= 0.6 is 11.6 Å². The van der Waals surface area contributed by atoms with E-state index in [1.54, 1.807) is 0 Å². The summed E-state index contributed by atoms with van der Waals surface area (Å²) >= 11 is 5.99. The van der Waals surface area contributed by atoms with Gasteiger partial charge in [0.2, 0.25) is 0 Å². The third kappa shape index (κ3) is 3.06. The fourth-order valence-electron chi connectivity index (χ4n) is 2.14. The highest BCUT2D eigenvalue weighted by Crippen LogP contribution is 2.28. The molecule has 1 atom stereocenters. The maximum absolute atomic E-state index is 5.99. The Hall–Kier alpha value is -0.990. The minimum atomic E-state index is 0.276. The molecule has 0 fully saturated rings. The molecule has 1 aromatic carbocycles. The molecule has 0 aliphatic heterocycles. The molecule has 0 aliphatic rings. The van der Waals surface area contributed by atoms with E-state index in [0.29, 0.717) is 5.92 Å². The smallest absolute Gasteiger partial charge is 0.134 e. The molecule has 2 aromatic rings. The minimum absolute atomic E-state index is 0.276. The third-order valence-corrected chi connectivity index (χ3v) is 3.46. The van der Waals surface area contributed by atoms with Crippen LogP contribution in [0.1, 0.15) is 38.5 Å². The molecule has 0 amide bonds. The second-order valence-corrected chi connectivity index (χ2v) is 5.58. The molecule has 0 bridgehead atoms. The number of nitrogens with one attached hydrogen (secondary N) is 1. The Morgan fingerprint density at radius 2 is 2.00 bits per heavy atom. The summed E-state index contributed by atoms with van der Waals surface area (Å²) in [5.74, 6) is 1.70. The zero-order valence-corrected chi connectivity index (χ0v) is 11.9. The van der Waals surface area contributed by atoms with Gasteiger partial charge in [0.1, 0.15) is 11.3 Å². The fraction of sp³-hybridized carbons (Fsp3) is 0.467. The lowest BCUT2D eigenvalue weighted by molar-refractivity contribution is 0.400. The highest BCUT2D eigenvalue weighted by Gasteiger charge is 2.15. The normalized spacial score (nSPS) is 13.4. The van der Waals surface area contributed by atoms with E-state index in [1.807, 2.05) is 25.2 Å². The van der Waals surface area contributed by atoms with Crippen molar-refractivity contribution in [2.24, 2.45) is 5.92 Å². The molecule has 98 valence electrons. The van der Waals surface area contributed by atoms with Crippen molar-refractivity contribution >= 4 is 22.6 Å². The van der Waals surface area contributed by atoms with Crippen LogP contribution in [-0.4, -0.2) is 7.05 Å². The Bertz CT molecular complexity index is 518. The summed E-state index contributed by atoms with van der Waals surface area (Å²) in [6, 6.07) is 8.09. The van der Waals surface area contributed by atoms with Crippen LogP contribution in [0.25, 0.3) is 11.0 Å². The van der Waals surface area contributed by atoms with Gasteiger partial charge in [-0.1, -0.05) is 25.4 Å². The number of furan rings is 1. The predicted molar refractivity (Wildman–Crippen MR) is 77.1 cm³/mol. The predicted octanol–water partition coefficient (Wildman–Crippen LogP) is 4.78. The maximum atomic E-state index is 5.99. The highest BCUT2D eigenvalue weighted by atomic mass is 35.5. The van der Waals surface area contributed by atoms with Crippen LogP contribution in [-0.2, 0) is 0 Å². The van der Waals surface area contributed by atoms with Crippen molar-refractivity contribution in [2.75, 3.05) is 7.05 Å². The molecule has 2 nitrogen and oxygen atoms in total. The first-order valence-corrected chi connectivity index (χ1v) is 6.84. The van der Waals surface area contributed by atoms with Crippen LogP contribution in [0.3, 0.4) is 0 Å². The van der Waals surface area contributed by atoms with Crippen LogP contribution in [0.15, 0.2) is 28.7 Å². The first kappa shape index (κ1) is 13.4. The van der Waals surface area contributed by atoms with Gasteiger partial charge in [-0.05, 0) is 50.1 Å². The molecule has 2 rings (SSSR count). The summed E-state index contributed by atoms with van der Waals surface area (Å²) in [6.07, 6.45) is 2.27. The Morgan fingerprint density at radius 3 is 2.67 bits per heavy atom. The molecule has 1 N–H and O–H groups in total. The lowest BCUT2D eigenvalue weighted by atomic mass is 10.0. The summed E-state index contributed by atoms with van der Waals surface area (Å²) in [4.78, 5) is 0. The summed E-state index contributed by atoms with van der Waals surface area (Å²) in [5, 5.41) is 5.14. The molecule has 3 heteroatoms. The van der Waals surface area contributed by atoms with Crippen LogP contribution in [0.2, 0.25) is 5.02 Å². The zero-order chi connectivity index (χ0) is 13.1. The van der Waals surface area contributed by atoms with E-state index in [0.717, 1.165) is 28.2 Å². The van der Waals surface area contributed by atoms with E-state index in [1.165, 1.54) is 6.42 Å². The molecule has 1 aromatic heterocycles. The van der Waals surface area contributed by atoms with E-state index >= 15 is 0 Å². The Balaban J connectivity index is 2.22. The van der Waals surface area contributed by atoms with Gasteiger partial charge >= 0.3 is 0 Å². The first-order valence-electron chi connectivity index (χ1n) is 6.46. The van der Waals surface area contributed by atoms with Crippen molar-refractivity contribution in [1.82, 2.24) is 5.32 Å². The second kappa shape index (κ2) is 5.77. The van der Waals surface area contributed by atoms with Crippen molar-refractivity contribution in [2.45, 2.75) is 32.7 Å². The molecular formula is C15H20ClNO. The molecule has 0 spiro atoms. The van der Waals surface area contributed by atoms with Gasteiger partial charge in [-0.25, -0.2) is 0 Å². The lowest BCUT2D eigenvalue weighted by Gasteiger charge is -2.14. The highest BCUT2D eigenvalue weighted by molar-refractivity contribution is 6.31. The summed E-state index contributed by atoms with van der Waals surface area (Å²) in [7, 11) is 1.98. The topological polar surface area (TPSA) is 25.2 Å². The first-order chi connectivity index (χ1) is 8.60. The molecule has 0 aliphatic carbocycles. The Morgan fingerprint density at radius 1 is 1.22 bits per heavy atom. The van der Waals surface area contributed by atoms with Gasteiger partial charge in [0.05, 0.1) is 6.04 Å². The van der Waals surface area contributed by atoms with E-state index in [9.17, 15) is 0 Å². The van der Waals surface area contributed by atoms with Gasteiger partial charge < -0.3 is 9.73 Å². The van der Waals surface area contributed by atoms with Gasteiger partial charge in [0, 0.05) is 10.4 Å². The van der Waals surface area contributed by atoms with Crippen LogP contribution in [0.4, 0.5) is 0 Å². The fourth-order valence-corrected chi connectivity index (χ4v) is 2.32. The third-order valence-electron chi connectivity index (χ3n) is 3.22. The molecule has 0 radical (unpaired) electrons. The summed E-state index contributed by atoms with van der Waals surface area (Å²) in [5.41, 5.74) is 0.902. The van der Waals surface area contributed by atoms with Gasteiger partial charge in [-0.2, -0.15) is 0 Å². The maximum Gasteiger partial charge on any atom is 0.134 e. The SMILES string of the molecule is CNC(CCC(C)C)c1cc2cc(Cl)ccc2o1. The van der Waals surface area contributed by atoms with Gasteiger partial charge in [-0.15, -0.1) is 0 Å². The lowest BCUT2D eigenvalue weighted by Crippen LogP contribution is -2.16. The van der Waals surface area contributed by atoms with Crippen molar-refractivity contribution in [1.29, 1.82) is 0 Å². The summed E-state index contributed by atoms with van der Waals surface area (Å²) in [6.45, 7) is 4.48. The molecule has 1 unspecified atom stereocenters. The quantitative estimate of drug-likeness (QED) is 0.841. The largest absolute Gasteiger partial charge is 0.459 e. The van der Waals surface area contributed by atoms with Crippen molar-refractivity contribution < 1.29 is 4.42 Å². The second-order valence-electron chi connectivity index (χ2n) is 5.14. The Labute approximate surface area is 113 Å². The number of hydrogen-bond acceptors (Lipinski definition) is 2. The molecule has 18 heavy (non-hydrogen) atoms. The van der Waals surface area contributed by atoms with Gasteiger partial charge in [0.25, 0.3) is 0 Å². The number of benzene rings is 1. The van der Waals surface area contributed by atoms with Crippen LogP contribution in [0, 0.1) is 5.92 Å². The molecule has 0 saturated heterocycles. The Kier molecular flexibility index (Phi) is 4.31. The van der Waals surface area contributed by atoms with Gasteiger partial charge in [0.15, 0.2) is 0 Å². The van der Waals surface area contributed by atoms with E-state index in [4.69, 9.17) is 16.0 Å².